The average molecular weight is 439 g/mol. The van der Waals surface area contributed by atoms with E-state index in [1.807, 2.05) is 10.7 Å². The van der Waals surface area contributed by atoms with E-state index in [4.69, 9.17) is 9.84 Å². The molecule has 3 fully saturated rings. The molecule has 3 aliphatic rings. The molecule has 3 aliphatic heterocycles. The van der Waals surface area contributed by atoms with E-state index in [1.165, 1.54) is 25.9 Å². The maximum absolute atomic E-state index is 11.9. The van der Waals surface area contributed by atoms with E-state index in [0.717, 1.165) is 29.2 Å². The fourth-order valence-corrected chi connectivity index (χ4v) is 5.42. The second kappa shape index (κ2) is 10.2. The van der Waals surface area contributed by atoms with Crippen molar-refractivity contribution >= 4 is 43.8 Å². The zero-order chi connectivity index (χ0) is 21.3. The number of ether oxygens (including phenoxy) is 1. The van der Waals surface area contributed by atoms with E-state index in [2.05, 4.69) is 29.9 Å². The van der Waals surface area contributed by atoms with E-state index in [9.17, 15) is 9.90 Å². The molecule has 0 aliphatic carbocycles. The van der Waals surface area contributed by atoms with Crippen molar-refractivity contribution in [3.8, 4) is 0 Å². The van der Waals surface area contributed by atoms with Gasteiger partial charge in [-0.2, -0.15) is 5.10 Å². The minimum absolute atomic E-state index is 0. The van der Waals surface area contributed by atoms with E-state index >= 15 is 0 Å². The molecule has 166 valence electrons. The molecule has 9 heteroatoms. The van der Waals surface area contributed by atoms with Gasteiger partial charge in [-0.1, -0.05) is 25.7 Å². The number of piperidine rings is 3. The number of rotatable bonds is 9. The number of nitrogens with one attached hydrogen (secondary N) is 1. The molecule has 7 nitrogen and oxygen atoms in total. The normalized spacial score (nSPS) is 23.1. The first-order valence-electron chi connectivity index (χ1n) is 11.1. The standard InChI is InChI=1S/C22H34N4O3Si.Li.H/c1-30(2,3)12-11-29-15-26-20-6-4-5-17(22(27)28)21(20)18(24-26)13-23-19-14-25-9-7-16(19)8-10-25;;/h4-6,16,19,23H,7-15H2,1-3H3,(H,27,28);;. The van der Waals surface area contributed by atoms with Crippen LogP contribution in [0.2, 0.25) is 25.7 Å². The molecule has 0 radical (unpaired) electrons. The second-order valence-corrected chi connectivity index (χ2v) is 15.5. The SMILES string of the molecule is C[Si](C)(C)CCOCn1nc(CNC2CN3CCC2CC3)c2c(C(=O)O)cccc21.[LiH]. The van der Waals surface area contributed by atoms with E-state index < -0.39 is 14.0 Å². The predicted octanol–water partition coefficient (Wildman–Crippen LogP) is 2.58. The van der Waals surface area contributed by atoms with Gasteiger partial charge in [0, 0.05) is 39.2 Å². The Morgan fingerprint density at radius 1 is 1.29 bits per heavy atom. The van der Waals surface area contributed by atoms with E-state index in [0.29, 0.717) is 37.4 Å². The summed E-state index contributed by atoms with van der Waals surface area (Å²) in [5, 5.41) is 18.9. The Balaban J connectivity index is 0.00000272. The van der Waals surface area contributed by atoms with Crippen LogP contribution in [-0.4, -0.2) is 85.0 Å². The third-order valence-electron chi connectivity index (χ3n) is 6.48. The van der Waals surface area contributed by atoms with Gasteiger partial charge in [0.05, 0.1) is 16.8 Å². The van der Waals surface area contributed by atoms with E-state index in [-0.39, 0.29) is 18.9 Å². The van der Waals surface area contributed by atoms with Crippen molar-refractivity contribution in [1.29, 1.82) is 0 Å². The van der Waals surface area contributed by atoms with Crippen LogP contribution in [0.15, 0.2) is 18.2 Å². The van der Waals surface area contributed by atoms with Crippen LogP contribution in [-0.2, 0) is 18.0 Å². The Hall–Kier alpha value is -1.15. The first kappa shape index (κ1) is 24.5. The number of carboxylic acids is 1. The predicted molar refractivity (Wildman–Crippen MR) is 128 cm³/mol. The summed E-state index contributed by atoms with van der Waals surface area (Å²) in [5.41, 5.74) is 1.94. The van der Waals surface area contributed by atoms with Crippen molar-refractivity contribution in [2.45, 2.75) is 57.8 Å². The summed E-state index contributed by atoms with van der Waals surface area (Å²) in [4.78, 5) is 14.4. The molecule has 1 atom stereocenters. The Labute approximate surface area is 197 Å². The van der Waals surface area contributed by atoms with Gasteiger partial charge in [-0.15, -0.1) is 0 Å². The number of hydrogen-bond acceptors (Lipinski definition) is 5. The van der Waals surface area contributed by atoms with Crippen molar-refractivity contribution in [3.63, 3.8) is 0 Å². The third-order valence-corrected chi connectivity index (χ3v) is 8.18. The molecule has 1 aromatic heterocycles. The second-order valence-electron chi connectivity index (χ2n) is 9.92. The van der Waals surface area contributed by atoms with Crippen molar-refractivity contribution in [2.24, 2.45) is 5.92 Å². The molecule has 1 unspecified atom stereocenters. The molecule has 0 amide bonds. The summed E-state index contributed by atoms with van der Waals surface area (Å²) in [6, 6.07) is 6.95. The Morgan fingerprint density at radius 2 is 2.03 bits per heavy atom. The molecule has 5 rings (SSSR count). The molecule has 2 bridgehead atoms. The molecular weight excluding hydrogens is 403 g/mol. The van der Waals surface area contributed by atoms with Gasteiger partial charge in [-0.25, -0.2) is 9.48 Å². The fourth-order valence-electron chi connectivity index (χ4n) is 4.66. The van der Waals surface area contributed by atoms with Crippen molar-refractivity contribution in [1.82, 2.24) is 20.0 Å². The minimum atomic E-state index is -1.15. The molecule has 1 aromatic carbocycles. The van der Waals surface area contributed by atoms with Gasteiger partial charge in [0.15, 0.2) is 0 Å². The molecule has 2 N–H and O–H groups in total. The fraction of sp³-hybridized carbons (Fsp3) is 0.636. The van der Waals surface area contributed by atoms with Crippen LogP contribution >= 0.6 is 0 Å². The van der Waals surface area contributed by atoms with Gasteiger partial charge in [0.2, 0.25) is 0 Å². The zero-order valence-corrected chi connectivity index (χ0v) is 19.4. The van der Waals surface area contributed by atoms with Gasteiger partial charge >= 0.3 is 24.8 Å². The van der Waals surface area contributed by atoms with Crippen LogP contribution in [0.3, 0.4) is 0 Å². The van der Waals surface area contributed by atoms with Crippen LogP contribution in [0.25, 0.3) is 10.9 Å². The Morgan fingerprint density at radius 3 is 2.65 bits per heavy atom. The summed E-state index contributed by atoms with van der Waals surface area (Å²) < 4.78 is 7.73. The topological polar surface area (TPSA) is 79.6 Å². The van der Waals surface area contributed by atoms with Gasteiger partial charge in [-0.3, -0.25) is 0 Å². The number of benzene rings is 1. The zero-order valence-electron chi connectivity index (χ0n) is 18.4. The first-order chi connectivity index (χ1) is 14.3. The summed E-state index contributed by atoms with van der Waals surface area (Å²) in [7, 11) is -1.15. The maximum atomic E-state index is 11.9. The number of aromatic nitrogens is 2. The third kappa shape index (κ3) is 5.81. The molecule has 2 aromatic rings. The summed E-state index contributed by atoms with van der Waals surface area (Å²) >= 11 is 0. The van der Waals surface area contributed by atoms with Gasteiger partial charge in [0.1, 0.15) is 6.73 Å². The van der Waals surface area contributed by atoms with Crippen molar-refractivity contribution in [2.75, 3.05) is 26.2 Å². The molecule has 4 heterocycles. The van der Waals surface area contributed by atoms with Crippen LogP contribution < -0.4 is 5.32 Å². The number of aromatic carboxylic acids is 1. The number of carbonyl (C=O) groups is 1. The van der Waals surface area contributed by atoms with Gasteiger partial charge in [-0.05, 0) is 50.0 Å². The molecular formula is C22H35LiN4O3Si. The number of nitrogens with zero attached hydrogens (tertiary/aromatic N) is 3. The summed E-state index contributed by atoms with van der Waals surface area (Å²) in [6.07, 6.45) is 2.50. The number of hydrogen-bond donors (Lipinski definition) is 2. The van der Waals surface area contributed by atoms with E-state index in [1.54, 1.807) is 12.1 Å². The van der Waals surface area contributed by atoms with Crippen LogP contribution in [0, 0.1) is 5.92 Å². The summed E-state index contributed by atoms with van der Waals surface area (Å²) in [5.74, 6) is -0.198. The Bertz CT molecular complexity index is 906. The van der Waals surface area contributed by atoms with Crippen LogP contribution in [0.5, 0.6) is 0 Å². The molecule has 0 saturated carbocycles. The molecule has 0 spiro atoms. The number of fused-ring (bicyclic) bond motifs is 4. The Kier molecular flexibility index (Phi) is 8.06. The molecule has 31 heavy (non-hydrogen) atoms. The average Bonchev–Trinajstić information content (AvgIpc) is 3.07. The van der Waals surface area contributed by atoms with Crippen LogP contribution in [0.4, 0.5) is 0 Å². The molecule has 3 saturated heterocycles. The van der Waals surface area contributed by atoms with Crippen molar-refractivity contribution in [3.05, 3.63) is 29.5 Å². The van der Waals surface area contributed by atoms with Gasteiger partial charge < -0.3 is 20.1 Å². The first-order valence-corrected chi connectivity index (χ1v) is 14.8. The quantitative estimate of drug-likeness (QED) is 0.463. The van der Waals surface area contributed by atoms with Crippen LogP contribution in [0.1, 0.15) is 28.9 Å². The summed E-state index contributed by atoms with van der Waals surface area (Å²) in [6.45, 7) is 12.1. The number of carboxylic acid groups (broad SMARTS) is 1. The monoisotopic (exact) mass is 438 g/mol. The van der Waals surface area contributed by atoms with Gasteiger partial charge in [0.25, 0.3) is 0 Å². The van der Waals surface area contributed by atoms with Crippen molar-refractivity contribution < 1.29 is 14.6 Å².